The summed E-state index contributed by atoms with van der Waals surface area (Å²) < 4.78 is 1.69. The third-order valence-electron chi connectivity index (χ3n) is 6.77. The third kappa shape index (κ3) is 3.97. The first-order valence-corrected chi connectivity index (χ1v) is 12.7. The van der Waals surface area contributed by atoms with Crippen LogP contribution < -0.4 is 10.2 Å². The van der Waals surface area contributed by atoms with E-state index in [1.807, 2.05) is 43.5 Å². The number of halogens is 1. The van der Waals surface area contributed by atoms with E-state index in [9.17, 15) is 9.59 Å². The van der Waals surface area contributed by atoms with Crippen LogP contribution in [0.1, 0.15) is 55.1 Å². The molecule has 1 saturated carbocycles. The number of thiophene rings is 1. The molecule has 2 amide bonds. The number of anilines is 1. The summed E-state index contributed by atoms with van der Waals surface area (Å²) in [6.45, 7) is 4.03. The van der Waals surface area contributed by atoms with Crippen LogP contribution in [0.4, 0.5) is 5.69 Å². The molecule has 0 bridgehead atoms. The number of hydrogen-bond acceptors (Lipinski definition) is 4. The summed E-state index contributed by atoms with van der Waals surface area (Å²) in [6, 6.07) is 11.4. The van der Waals surface area contributed by atoms with Crippen molar-refractivity contribution in [1.82, 2.24) is 15.1 Å². The lowest BCUT2D eigenvalue weighted by Crippen LogP contribution is -2.65. The smallest absolute Gasteiger partial charge is 0.277 e. The highest BCUT2D eigenvalue weighted by atomic mass is 35.5. The minimum Gasteiger partial charge on any atom is -0.351 e. The van der Waals surface area contributed by atoms with Crippen LogP contribution in [0.2, 0.25) is 5.02 Å². The standard InChI is InChI=1S/C25H27ClN4O2S/c1-16-10-11-17(26)13-20(16)30-23(31)21-14-19(22-9-6-12-33-22)28-29(21)15-25(30,2)24(32)27-18-7-4-3-5-8-18/h6,9-14,18H,3-5,7-8,15H2,1-2H3,(H,27,32). The van der Waals surface area contributed by atoms with E-state index in [1.54, 1.807) is 33.1 Å². The highest BCUT2D eigenvalue weighted by molar-refractivity contribution is 7.13. The summed E-state index contributed by atoms with van der Waals surface area (Å²) in [7, 11) is 0. The molecule has 1 aliphatic heterocycles. The molecule has 1 fully saturated rings. The lowest BCUT2D eigenvalue weighted by molar-refractivity contribution is -0.127. The van der Waals surface area contributed by atoms with Gasteiger partial charge in [0.15, 0.2) is 0 Å². The van der Waals surface area contributed by atoms with Crippen molar-refractivity contribution in [3.05, 3.63) is 58.1 Å². The number of rotatable bonds is 4. The van der Waals surface area contributed by atoms with E-state index < -0.39 is 5.54 Å². The predicted octanol–water partition coefficient (Wildman–Crippen LogP) is 5.44. The zero-order chi connectivity index (χ0) is 23.2. The number of hydrogen-bond donors (Lipinski definition) is 1. The number of carbonyl (C=O) groups is 2. The number of aryl methyl sites for hydroxylation is 1. The number of benzene rings is 1. The van der Waals surface area contributed by atoms with Gasteiger partial charge in [0, 0.05) is 16.8 Å². The molecule has 2 aromatic heterocycles. The maximum atomic E-state index is 13.9. The fourth-order valence-corrected chi connectivity index (χ4v) is 5.76. The van der Waals surface area contributed by atoms with Gasteiger partial charge in [-0.3, -0.25) is 19.2 Å². The fourth-order valence-electron chi connectivity index (χ4n) is 4.92. The third-order valence-corrected chi connectivity index (χ3v) is 7.90. The summed E-state index contributed by atoms with van der Waals surface area (Å²) in [6.07, 6.45) is 5.39. The van der Waals surface area contributed by atoms with Gasteiger partial charge in [0.05, 0.1) is 11.4 Å². The molecule has 6 nitrogen and oxygen atoms in total. The first kappa shape index (κ1) is 22.2. The van der Waals surface area contributed by atoms with E-state index in [1.165, 1.54) is 6.42 Å². The van der Waals surface area contributed by atoms with Crippen molar-refractivity contribution in [2.24, 2.45) is 0 Å². The molecule has 1 unspecified atom stereocenters. The zero-order valence-corrected chi connectivity index (χ0v) is 20.4. The Morgan fingerprint density at radius 2 is 2.00 bits per heavy atom. The maximum Gasteiger partial charge on any atom is 0.277 e. The molecule has 5 rings (SSSR count). The van der Waals surface area contributed by atoms with Gasteiger partial charge in [-0.1, -0.05) is 43.0 Å². The van der Waals surface area contributed by atoms with Gasteiger partial charge in [0.1, 0.15) is 16.9 Å². The van der Waals surface area contributed by atoms with Crippen molar-refractivity contribution in [2.75, 3.05) is 4.90 Å². The molecule has 33 heavy (non-hydrogen) atoms. The molecule has 172 valence electrons. The number of nitrogens with one attached hydrogen (secondary N) is 1. The average molecular weight is 483 g/mol. The van der Waals surface area contributed by atoms with Gasteiger partial charge in [0.25, 0.3) is 5.91 Å². The Morgan fingerprint density at radius 1 is 1.21 bits per heavy atom. The summed E-state index contributed by atoms with van der Waals surface area (Å²) >= 11 is 7.90. The second-order valence-corrected chi connectivity index (χ2v) is 10.6. The van der Waals surface area contributed by atoms with Gasteiger partial charge in [-0.05, 0) is 61.9 Å². The Bertz CT molecular complexity index is 1200. The van der Waals surface area contributed by atoms with E-state index in [-0.39, 0.29) is 24.4 Å². The number of carbonyl (C=O) groups excluding carboxylic acids is 2. The minimum atomic E-state index is -1.14. The second-order valence-electron chi connectivity index (χ2n) is 9.20. The topological polar surface area (TPSA) is 67.2 Å². The average Bonchev–Trinajstić information content (AvgIpc) is 3.47. The minimum absolute atomic E-state index is 0.140. The normalized spacial score (nSPS) is 21.2. The monoisotopic (exact) mass is 482 g/mol. The molecular weight excluding hydrogens is 456 g/mol. The lowest BCUT2D eigenvalue weighted by Gasteiger charge is -2.44. The second kappa shape index (κ2) is 8.61. The number of amides is 2. The first-order chi connectivity index (χ1) is 15.9. The highest BCUT2D eigenvalue weighted by Crippen LogP contribution is 2.37. The quantitative estimate of drug-likeness (QED) is 0.538. The number of nitrogens with zero attached hydrogens (tertiary/aromatic N) is 3. The summed E-state index contributed by atoms with van der Waals surface area (Å²) in [5.74, 6) is -0.399. The molecule has 0 saturated heterocycles. The predicted molar refractivity (Wildman–Crippen MR) is 132 cm³/mol. The van der Waals surface area contributed by atoms with Gasteiger partial charge in [-0.25, -0.2) is 0 Å². The summed E-state index contributed by atoms with van der Waals surface area (Å²) in [4.78, 5) is 30.3. The van der Waals surface area contributed by atoms with Crippen LogP contribution in [0.15, 0.2) is 41.8 Å². The molecule has 1 aromatic carbocycles. The SMILES string of the molecule is Cc1ccc(Cl)cc1N1C(=O)c2cc(-c3cccs3)nn2CC1(C)C(=O)NC1CCCCC1. The largest absolute Gasteiger partial charge is 0.351 e. The van der Waals surface area contributed by atoms with E-state index in [2.05, 4.69) is 5.32 Å². The van der Waals surface area contributed by atoms with E-state index in [0.717, 1.165) is 41.8 Å². The van der Waals surface area contributed by atoms with Gasteiger partial charge < -0.3 is 5.32 Å². The molecule has 2 aliphatic rings. The van der Waals surface area contributed by atoms with Crippen LogP contribution >= 0.6 is 22.9 Å². The van der Waals surface area contributed by atoms with Crippen molar-refractivity contribution >= 4 is 40.4 Å². The Kier molecular flexibility index (Phi) is 5.79. The molecule has 3 heterocycles. The van der Waals surface area contributed by atoms with Crippen LogP contribution in [0.5, 0.6) is 0 Å². The van der Waals surface area contributed by atoms with Crippen LogP contribution in [0.3, 0.4) is 0 Å². The molecule has 0 radical (unpaired) electrons. The van der Waals surface area contributed by atoms with Crippen molar-refractivity contribution in [1.29, 1.82) is 0 Å². The molecule has 1 N–H and O–H groups in total. The van der Waals surface area contributed by atoms with E-state index >= 15 is 0 Å². The maximum absolute atomic E-state index is 13.9. The Hall–Kier alpha value is -2.64. The van der Waals surface area contributed by atoms with Crippen molar-refractivity contribution < 1.29 is 9.59 Å². The van der Waals surface area contributed by atoms with Gasteiger partial charge in [-0.2, -0.15) is 5.10 Å². The summed E-state index contributed by atoms with van der Waals surface area (Å²) in [5.41, 5.74) is 1.61. The molecule has 8 heteroatoms. The van der Waals surface area contributed by atoms with Crippen molar-refractivity contribution in [3.63, 3.8) is 0 Å². The van der Waals surface area contributed by atoms with Gasteiger partial charge in [0.2, 0.25) is 5.91 Å². The van der Waals surface area contributed by atoms with Gasteiger partial charge in [-0.15, -0.1) is 11.3 Å². The van der Waals surface area contributed by atoms with Crippen LogP contribution in [-0.2, 0) is 11.3 Å². The molecule has 3 aromatic rings. The Morgan fingerprint density at radius 3 is 2.73 bits per heavy atom. The lowest BCUT2D eigenvalue weighted by atomic mass is 9.90. The zero-order valence-electron chi connectivity index (χ0n) is 18.8. The molecule has 1 aliphatic carbocycles. The number of aromatic nitrogens is 2. The van der Waals surface area contributed by atoms with Crippen molar-refractivity contribution in [2.45, 2.75) is 64.1 Å². The van der Waals surface area contributed by atoms with Gasteiger partial charge >= 0.3 is 0 Å². The fraction of sp³-hybridized carbons (Fsp3) is 0.400. The first-order valence-electron chi connectivity index (χ1n) is 11.4. The Labute approximate surface area is 202 Å². The van der Waals surface area contributed by atoms with Crippen LogP contribution in [0, 0.1) is 6.92 Å². The Balaban J connectivity index is 1.59. The van der Waals surface area contributed by atoms with Crippen LogP contribution in [-0.4, -0.2) is 33.2 Å². The van der Waals surface area contributed by atoms with Crippen molar-refractivity contribution in [3.8, 4) is 10.6 Å². The summed E-state index contributed by atoms with van der Waals surface area (Å²) in [5, 5.41) is 10.5. The van der Waals surface area contributed by atoms with E-state index in [0.29, 0.717) is 16.4 Å². The number of fused-ring (bicyclic) bond motifs is 1. The molecule has 0 spiro atoms. The van der Waals surface area contributed by atoms with Crippen LogP contribution in [0.25, 0.3) is 10.6 Å². The van der Waals surface area contributed by atoms with E-state index in [4.69, 9.17) is 16.7 Å². The molecular formula is C25H27ClN4O2S. The molecule has 1 atom stereocenters. The highest BCUT2D eigenvalue weighted by Gasteiger charge is 2.49.